The number of aryl methyl sites for hydroxylation is 1. The number of nitrogens with zero attached hydrogens (tertiary/aromatic N) is 5. The molecule has 0 aliphatic carbocycles. The molecule has 3 heterocycles. The van der Waals surface area contributed by atoms with E-state index >= 15 is 0 Å². The molecule has 1 aliphatic heterocycles. The number of aromatic nitrogens is 4. The zero-order chi connectivity index (χ0) is 16.7. The minimum Gasteiger partial charge on any atom is -0.273 e. The van der Waals surface area contributed by atoms with Crippen LogP contribution in [0.15, 0.2) is 41.8 Å². The molecule has 0 radical (unpaired) electrons. The average molecular weight is 339 g/mol. The largest absolute Gasteiger partial charge is 0.273 e. The fourth-order valence-electron chi connectivity index (χ4n) is 2.73. The average Bonchev–Trinajstić information content (AvgIpc) is 3.10. The smallest absolute Gasteiger partial charge is 0.261 e. The van der Waals surface area contributed by atoms with Crippen molar-refractivity contribution in [3.05, 3.63) is 47.9 Å². The first kappa shape index (κ1) is 14.8. The number of carbonyl (C=O) groups excluding carboxylic acids is 2. The van der Waals surface area contributed by atoms with Crippen LogP contribution in [0.5, 0.6) is 0 Å². The van der Waals surface area contributed by atoms with Gasteiger partial charge in [-0.3, -0.25) is 19.2 Å². The van der Waals surface area contributed by atoms with Gasteiger partial charge >= 0.3 is 0 Å². The summed E-state index contributed by atoms with van der Waals surface area (Å²) >= 11 is 1.48. The van der Waals surface area contributed by atoms with Crippen LogP contribution in [0.25, 0.3) is 11.0 Å². The minimum atomic E-state index is -0.231. The van der Waals surface area contributed by atoms with E-state index in [2.05, 4.69) is 15.1 Å². The molecule has 24 heavy (non-hydrogen) atoms. The van der Waals surface area contributed by atoms with Crippen LogP contribution in [-0.2, 0) is 7.05 Å². The zero-order valence-electron chi connectivity index (χ0n) is 12.8. The molecule has 0 spiro atoms. The standard InChI is InChI=1S/C16H13N5O2S/c1-20-13-12(8-19-20)14(18-9-17-13)24-7-6-21-15(22)10-4-2-3-5-11(10)16(21)23/h2-5,8-9H,6-7H2,1H3. The predicted molar refractivity (Wildman–Crippen MR) is 88.8 cm³/mol. The number of rotatable bonds is 4. The fraction of sp³-hybridized carbons (Fsp3) is 0.188. The number of amides is 2. The van der Waals surface area contributed by atoms with E-state index in [0.717, 1.165) is 16.1 Å². The summed E-state index contributed by atoms with van der Waals surface area (Å²) in [6, 6.07) is 6.91. The van der Waals surface area contributed by atoms with Crippen LogP contribution >= 0.6 is 11.8 Å². The summed E-state index contributed by atoms with van der Waals surface area (Å²) in [5.41, 5.74) is 1.71. The second-order valence-electron chi connectivity index (χ2n) is 5.34. The lowest BCUT2D eigenvalue weighted by Gasteiger charge is -2.13. The summed E-state index contributed by atoms with van der Waals surface area (Å²) in [4.78, 5) is 34.4. The zero-order valence-corrected chi connectivity index (χ0v) is 13.7. The number of benzene rings is 1. The second kappa shape index (κ2) is 5.72. The van der Waals surface area contributed by atoms with Gasteiger partial charge in [-0.25, -0.2) is 9.97 Å². The molecular weight excluding hydrogens is 326 g/mol. The Labute approximate surface area is 141 Å². The van der Waals surface area contributed by atoms with E-state index in [9.17, 15) is 9.59 Å². The summed E-state index contributed by atoms with van der Waals surface area (Å²) in [7, 11) is 1.82. The van der Waals surface area contributed by atoms with Crippen molar-refractivity contribution in [3.8, 4) is 0 Å². The number of thioether (sulfide) groups is 1. The van der Waals surface area contributed by atoms with E-state index in [1.807, 2.05) is 7.05 Å². The van der Waals surface area contributed by atoms with Crippen LogP contribution in [0.4, 0.5) is 0 Å². The third-order valence-electron chi connectivity index (χ3n) is 3.92. The Bertz CT molecular complexity index is 933. The summed E-state index contributed by atoms with van der Waals surface area (Å²) in [6.45, 7) is 0.336. The van der Waals surface area contributed by atoms with Gasteiger partial charge in [-0.2, -0.15) is 5.10 Å². The quantitative estimate of drug-likeness (QED) is 0.409. The molecule has 1 aromatic carbocycles. The van der Waals surface area contributed by atoms with E-state index in [1.54, 1.807) is 35.1 Å². The third kappa shape index (κ3) is 2.26. The van der Waals surface area contributed by atoms with Gasteiger partial charge in [0.15, 0.2) is 5.65 Å². The molecule has 0 saturated carbocycles. The van der Waals surface area contributed by atoms with Crippen LogP contribution in [0, 0.1) is 0 Å². The molecule has 0 atom stereocenters. The molecule has 8 heteroatoms. The molecule has 7 nitrogen and oxygen atoms in total. The Hall–Kier alpha value is -2.74. The highest BCUT2D eigenvalue weighted by atomic mass is 32.2. The van der Waals surface area contributed by atoms with E-state index in [0.29, 0.717) is 23.4 Å². The Morgan fingerprint density at radius 1 is 1.08 bits per heavy atom. The maximum absolute atomic E-state index is 12.3. The molecule has 0 unspecified atom stereocenters. The van der Waals surface area contributed by atoms with E-state index in [1.165, 1.54) is 23.0 Å². The first-order valence-electron chi connectivity index (χ1n) is 7.37. The molecule has 120 valence electrons. The van der Waals surface area contributed by atoms with Gasteiger partial charge in [-0.15, -0.1) is 11.8 Å². The highest BCUT2D eigenvalue weighted by Crippen LogP contribution is 2.26. The van der Waals surface area contributed by atoms with Gasteiger partial charge in [-0.05, 0) is 12.1 Å². The van der Waals surface area contributed by atoms with Crippen molar-refractivity contribution < 1.29 is 9.59 Å². The van der Waals surface area contributed by atoms with Crippen LogP contribution < -0.4 is 0 Å². The Balaban J connectivity index is 1.48. The fourth-order valence-corrected chi connectivity index (χ4v) is 3.62. The maximum atomic E-state index is 12.3. The highest BCUT2D eigenvalue weighted by molar-refractivity contribution is 7.99. The summed E-state index contributed by atoms with van der Waals surface area (Å²) in [5, 5.41) is 5.84. The molecule has 1 aliphatic rings. The van der Waals surface area contributed by atoms with Crippen molar-refractivity contribution in [2.24, 2.45) is 7.05 Å². The van der Waals surface area contributed by atoms with Crippen molar-refractivity contribution in [2.75, 3.05) is 12.3 Å². The Morgan fingerprint density at radius 2 is 1.79 bits per heavy atom. The maximum Gasteiger partial charge on any atom is 0.261 e. The van der Waals surface area contributed by atoms with Gasteiger partial charge in [0.1, 0.15) is 11.4 Å². The van der Waals surface area contributed by atoms with Crippen LogP contribution in [0.2, 0.25) is 0 Å². The Kier molecular flexibility index (Phi) is 3.53. The Morgan fingerprint density at radius 3 is 2.50 bits per heavy atom. The first-order valence-corrected chi connectivity index (χ1v) is 8.36. The summed E-state index contributed by atoms with van der Waals surface area (Å²) in [5.74, 6) is 0.0998. The number of hydrogen-bond donors (Lipinski definition) is 0. The van der Waals surface area contributed by atoms with E-state index < -0.39 is 0 Å². The normalized spacial score (nSPS) is 13.8. The van der Waals surface area contributed by atoms with E-state index in [-0.39, 0.29) is 11.8 Å². The third-order valence-corrected chi connectivity index (χ3v) is 4.91. The topological polar surface area (TPSA) is 81.0 Å². The van der Waals surface area contributed by atoms with Gasteiger partial charge in [-0.1, -0.05) is 12.1 Å². The van der Waals surface area contributed by atoms with Gasteiger partial charge < -0.3 is 0 Å². The van der Waals surface area contributed by atoms with Crippen LogP contribution in [0.3, 0.4) is 0 Å². The number of carbonyl (C=O) groups is 2. The number of fused-ring (bicyclic) bond motifs is 2. The lowest BCUT2D eigenvalue weighted by molar-refractivity contribution is 0.0664. The molecule has 0 fully saturated rings. The second-order valence-corrected chi connectivity index (χ2v) is 6.42. The molecule has 0 saturated heterocycles. The molecule has 4 rings (SSSR count). The molecule has 0 bridgehead atoms. The monoisotopic (exact) mass is 339 g/mol. The SMILES string of the molecule is Cn1ncc2c(SCCN3C(=O)c4ccccc4C3=O)ncnc21. The van der Waals surface area contributed by atoms with Crippen molar-refractivity contribution in [3.63, 3.8) is 0 Å². The molecule has 2 amide bonds. The van der Waals surface area contributed by atoms with Crippen molar-refractivity contribution in [1.82, 2.24) is 24.6 Å². The molecule has 3 aromatic rings. The molecule has 0 N–H and O–H groups in total. The number of hydrogen-bond acceptors (Lipinski definition) is 6. The summed E-state index contributed by atoms with van der Waals surface area (Å²) in [6.07, 6.45) is 3.22. The van der Waals surface area contributed by atoms with Gasteiger partial charge in [0.2, 0.25) is 0 Å². The lowest BCUT2D eigenvalue weighted by Crippen LogP contribution is -2.31. The minimum absolute atomic E-state index is 0.231. The molecular formula is C16H13N5O2S. The van der Waals surface area contributed by atoms with Crippen LogP contribution in [0.1, 0.15) is 20.7 Å². The predicted octanol–water partition coefficient (Wildman–Crippen LogP) is 1.75. The van der Waals surface area contributed by atoms with Crippen molar-refractivity contribution in [2.45, 2.75) is 5.03 Å². The van der Waals surface area contributed by atoms with Gasteiger partial charge in [0.05, 0.1) is 22.7 Å². The van der Waals surface area contributed by atoms with Crippen molar-refractivity contribution in [1.29, 1.82) is 0 Å². The van der Waals surface area contributed by atoms with E-state index in [4.69, 9.17) is 0 Å². The highest BCUT2D eigenvalue weighted by Gasteiger charge is 2.34. The summed E-state index contributed by atoms with van der Waals surface area (Å²) < 4.78 is 1.69. The first-order chi connectivity index (χ1) is 11.7. The van der Waals surface area contributed by atoms with Crippen molar-refractivity contribution >= 4 is 34.6 Å². The number of imide groups is 1. The van der Waals surface area contributed by atoms with Gasteiger partial charge in [0, 0.05) is 19.3 Å². The van der Waals surface area contributed by atoms with Crippen LogP contribution in [-0.4, -0.2) is 48.8 Å². The molecule has 2 aromatic heterocycles. The van der Waals surface area contributed by atoms with Gasteiger partial charge in [0.25, 0.3) is 11.8 Å². The lowest BCUT2D eigenvalue weighted by atomic mass is 10.1.